The molecule has 5 atom stereocenters. The summed E-state index contributed by atoms with van der Waals surface area (Å²) in [5.41, 5.74) is 0.450. The van der Waals surface area contributed by atoms with Crippen LogP contribution < -0.4 is 0 Å². The van der Waals surface area contributed by atoms with E-state index in [1.807, 2.05) is 13.0 Å². The fourth-order valence-corrected chi connectivity index (χ4v) is 3.52. The first-order chi connectivity index (χ1) is 8.78. The summed E-state index contributed by atoms with van der Waals surface area (Å²) in [7, 11) is 0. The molecule has 3 N–H and O–H groups in total. The van der Waals surface area contributed by atoms with Crippen molar-refractivity contribution in [1.82, 2.24) is 0 Å². The standard InChI is InChI=1S/C15H22O4/c1-8-4-5-12(16)15(3)11(8)6-10(7-13(15)17)9(2)14(18)19/h6,8,10,12-13,16-17H,2,4-5,7H2,1,3H3,(H,18,19). The van der Waals surface area contributed by atoms with Gasteiger partial charge in [-0.05, 0) is 25.2 Å². The Morgan fingerprint density at radius 3 is 2.58 bits per heavy atom. The highest BCUT2D eigenvalue weighted by Gasteiger charge is 2.50. The van der Waals surface area contributed by atoms with E-state index in [-0.39, 0.29) is 17.4 Å². The maximum Gasteiger partial charge on any atom is 0.331 e. The summed E-state index contributed by atoms with van der Waals surface area (Å²) in [5.74, 6) is -1.11. The van der Waals surface area contributed by atoms with E-state index in [0.29, 0.717) is 12.8 Å². The molecular formula is C15H22O4. The van der Waals surface area contributed by atoms with Gasteiger partial charge in [0.2, 0.25) is 0 Å². The Morgan fingerprint density at radius 1 is 1.37 bits per heavy atom. The van der Waals surface area contributed by atoms with Crippen LogP contribution in [0.3, 0.4) is 0 Å². The molecular weight excluding hydrogens is 244 g/mol. The highest BCUT2D eigenvalue weighted by atomic mass is 16.4. The summed E-state index contributed by atoms with van der Waals surface area (Å²) >= 11 is 0. The van der Waals surface area contributed by atoms with Crippen LogP contribution >= 0.6 is 0 Å². The van der Waals surface area contributed by atoms with Gasteiger partial charge in [0.15, 0.2) is 0 Å². The summed E-state index contributed by atoms with van der Waals surface area (Å²) in [6, 6.07) is 0. The van der Waals surface area contributed by atoms with Crippen LogP contribution in [0.5, 0.6) is 0 Å². The molecule has 5 unspecified atom stereocenters. The zero-order chi connectivity index (χ0) is 14.4. The molecule has 0 aliphatic heterocycles. The Labute approximate surface area is 113 Å². The van der Waals surface area contributed by atoms with Crippen molar-refractivity contribution in [2.75, 3.05) is 0 Å². The number of aliphatic carboxylic acids is 1. The number of aliphatic hydroxyl groups is 2. The van der Waals surface area contributed by atoms with Crippen LogP contribution in [0.1, 0.15) is 33.1 Å². The minimum Gasteiger partial charge on any atom is -0.478 e. The number of carbonyl (C=O) groups is 1. The van der Waals surface area contributed by atoms with Crippen LogP contribution in [0.4, 0.5) is 0 Å². The minimum atomic E-state index is -1.03. The smallest absolute Gasteiger partial charge is 0.331 e. The molecule has 0 spiro atoms. The number of aliphatic hydroxyl groups excluding tert-OH is 2. The van der Waals surface area contributed by atoms with Crippen LogP contribution in [-0.4, -0.2) is 33.5 Å². The third-order valence-electron chi connectivity index (χ3n) is 4.99. The molecule has 2 rings (SSSR count). The van der Waals surface area contributed by atoms with E-state index in [1.54, 1.807) is 0 Å². The highest BCUT2D eigenvalue weighted by Crippen LogP contribution is 2.51. The van der Waals surface area contributed by atoms with Gasteiger partial charge in [-0.2, -0.15) is 0 Å². The van der Waals surface area contributed by atoms with Crippen molar-refractivity contribution in [3.05, 3.63) is 23.8 Å². The third-order valence-corrected chi connectivity index (χ3v) is 4.99. The SMILES string of the molecule is C=C(C(=O)O)C1C=C2C(C)CCC(O)C2(C)C(O)C1. The molecule has 0 saturated heterocycles. The zero-order valence-corrected chi connectivity index (χ0v) is 11.5. The van der Waals surface area contributed by atoms with E-state index in [9.17, 15) is 15.0 Å². The second-order valence-electron chi connectivity index (χ2n) is 6.09. The highest BCUT2D eigenvalue weighted by molar-refractivity contribution is 5.86. The Morgan fingerprint density at radius 2 is 2.00 bits per heavy atom. The molecule has 0 aromatic carbocycles. The van der Waals surface area contributed by atoms with E-state index in [4.69, 9.17) is 5.11 Å². The Hall–Kier alpha value is -1.13. The van der Waals surface area contributed by atoms with E-state index >= 15 is 0 Å². The molecule has 0 amide bonds. The lowest BCUT2D eigenvalue weighted by molar-refractivity contribution is -0.133. The van der Waals surface area contributed by atoms with Crippen LogP contribution in [0, 0.1) is 17.3 Å². The molecule has 0 aromatic rings. The number of allylic oxidation sites excluding steroid dienone is 1. The molecule has 1 fully saturated rings. The lowest BCUT2D eigenvalue weighted by atomic mass is 9.57. The van der Waals surface area contributed by atoms with Crippen molar-refractivity contribution in [2.45, 2.75) is 45.3 Å². The molecule has 0 radical (unpaired) electrons. The molecule has 1 saturated carbocycles. The van der Waals surface area contributed by atoms with Gasteiger partial charge in [0.1, 0.15) is 0 Å². The Kier molecular flexibility index (Phi) is 3.58. The normalized spacial score (nSPS) is 42.2. The van der Waals surface area contributed by atoms with Gasteiger partial charge in [0.05, 0.1) is 12.2 Å². The van der Waals surface area contributed by atoms with Crippen molar-refractivity contribution in [3.8, 4) is 0 Å². The fraction of sp³-hybridized carbons (Fsp3) is 0.667. The number of hydrogen-bond donors (Lipinski definition) is 3. The molecule has 0 bridgehead atoms. The van der Waals surface area contributed by atoms with E-state index in [2.05, 4.69) is 13.5 Å². The Bertz CT molecular complexity index is 439. The van der Waals surface area contributed by atoms with E-state index in [0.717, 1.165) is 12.0 Å². The van der Waals surface area contributed by atoms with Gasteiger partial charge in [-0.25, -0.2) is 4.79 Å². The van der Waals surface area contributed by atoms with Crippen LogP contribution in [-0.2, 0) is 4.79 Å². The first kappa shape index (κ1) is 14.3. The second-order valence-corrected chi connectivity index (χ2v) is 6.09. The second kappa shape index (κ2) is 4.76. The van der Waals surface area contributed by atoms with Gasteiger partial charge in [-0.15, -0.1) is 0 Å². The van der Waals surface area contributed by atoms with E-state index < -0.39 is 23.6 Å². The van der Waals surface area contributed by atoms with Gasteiger partial charge in [0, 0.05) is 16.9 Å². The van der Waals surface area contributed by atoms with Crippen molar-refractivity contribution in [3.63, 3.8) is 0 Å². The number of carboxylic acid groups (broad SMARTS) is 1. The van der Waals surface area contributed by atoms with Crippen LogP contribution in [0.25, 0.3) is 0 Å². The van der Waals surface area contributed by atoms with Gasteiger partial charge in [-0.3, -0.25) is 0 Å². The molecule has 2 aliphatic carbocycles. The topological polar surface area (TPSA) is 77.8 Å². The maximum atomic E-state index is 11.0. The van der Waals surface area contributed by atoms with Crippen LogP contribution in [0.15, 0.2) is 23.8 Å². The first-order valence-corrected chi connectivity index (χ1v) is 6.78. The quantitative estimate of drug-likeness (QED) is 0.525. The fourth-order valence-electron chi connectivity index (χ4n) is 3.52. The number of rotatable bonds is 2. The summed E-state index contributed by atoms with van der Waals surface area (Å²) in [6.45, 7) is 7.54. The van der Waals surface area contributed by atoms with E-state index in [1.165, 1.54) is 0 Å². The van der Waals surface area contributed by atoms with Crippen molar-refractivity contribution in [2.24, 2.45) is 17.3 Å². The lowest BCUT2D eigenvalue weighted by Crippen LogP contribution is -2.51. The largest absolute Gasteiger partial charge is 0.478 e. The molecule has 0 aromatic heterocycles. The molecule has 0 heterocycles. The predicted octanol–water partition coefficient (Wildman–Crippen LogP) is 1.73. The summed E-state index contributed by atoms with van der Waals surface area (Å²) in [5, 5.41) is 29.7. The van der Waals surface area contributed by atoms with Gasteiger partial charge in [-0.1, -0.05) is 32.1 Å². The third kappa shape index (κ3) is 2.13. The molecule has 19 heavy (non-hydrogen) atoms. The molecule has 4 heteroatoms. The van der Waals surface area contributed by atoms with Gasteiger partial charge in [0.25, 0.3) is 0 Å². The Balaban J connectivity index is 2.41. The molecule has 106 valence electrons. The lowest BCUT2D eigenvalue weighted by Gasteiger charge is -2.50. The first-order valence-electron chi connectivity index (χ1n) is 6.78. The summed E-state index contributed by atoms with van der Waals surface area (Å²) in [6.07, 6.45) is 2.47. The van der Waals surface area contributed by atoms with Crippen molar-refractivity contribution in [1.29, 1.82) is 0 Å². The molecule has 2 aliphatic rings. The summed E-state index contributed by atoms with van der Waals surface area (Å²) < 4.78 is 0. The van der Waals surface area contributed by atoms with Crippen molar-refractivity contribution >= 4 is 5.97 Å². The molecule has 4 nitrogen and oxygen atoms in total. The maximum absolute atomic E-state index is 11.0. The predicted molar refractivity (Wildman–Crippen MR) is 71.5 cm³/mol. The minimum absolute atomic E-state index is 0.112. The summed E-state index contributed by atoms with van der Waals surface area (Å²) in [4.78, 5) is 11.0. The van der Waals surface area contributed by atoms with Gasteiger partial charge >= 0.3 is 5.97 Å². The zero-order valence-electron chi connectivity index (χ0n) is 11.5. The van der Waals surface area contributed by atoms with Crippen molar-refractivity contribution < 1.29 is 20.1 Å². The number of fused-ring (bicyclic) bond motifs is 1. The average molecular weight is 266 g/mol. The van der Waals surface area contributed by atoms with Gasteiger partial charge < -0.3 is 15.3 Å². The monoisotopic (exact) mass is 266 g/mol. The van der Waals surface area contributed by atoms with Crippen LogP contribution in [0.2, 0.25) is 0 Å². The average Bonchev–Trinajstić information content (AvgIpc) is 2.35. The number of carboxylic acids is 1. The number of hydrogen-bond acceptors (Lipinski definition) is 3.